The van der Waals surface area contributed by atoms with Gasteiger partial charge in [-0.25, -0.2) is 17.5 Å². The molecule has 3 aromatic rings. The summed E-state index contributed by atoms with van der Waals surface area (Å²) in [7, 11) is -2.07. The number of aromatic nitrogens is 1. The second-order valence-electron chi connectivity index (χ2n) is 10.2. The number of pyridine rings is 1. The van der Waals surface area contributed by atoms with E-state index in [2.05, 4.69) is 9.71 Å². The molecule has 1 aromatic heterocycles. The van der Waals surface area contributed by atoms with Crippen LogP contribution in [0.25, 0.3) is 0 Å². The highest BCUT2D eigenvalue weighted by molar-refractivity contribution is 7.89. The lowest BCUT2D eigenvalue weighted by Crippen LogP contribution is -2.67. The Labute approximate surface area is 215 Å². The first-order chi connectivity index (χ1) is 17.6. The summed E-state index contributed by atoms with van der Waals surface area (Å²) >= 11 is 0. The molecule has 3 saturated carbocycles. The summed E-state index contributed by atoms with van der Waals surface area (Å²) in [5.41, 5.74) is 1.45. The molecule has 3 fully saturated rings. The highest BCUT2D eigenvalue weighted by Crippen LogP contribution is 2.57. The quantitative estimate of drug-likeness (QED) is 0.440. The van der Waals surface area contributed by atoms with Gasteiger partial charge in [0.1, 0.15) is 5.82 Å². The SMILES string of the molecule is CN(C(=O)c1ccc(F)cc1)[C@@H](Cc1cccnc1)C(=O)Cc1ccc(S(=O)(=O)NC23CC(C2)C3)cc1. The van der Waals surface area contributed by atoms with E-state index in [0.29, 0.717) is 11.5 Å². The summed E-state index contributed by atoms with van der Waals surface area (Å²) in [6.07, 6.45) is 6.27. The van der Waals surface area contributed by atoms with Crippen molar-refractivity contribution in [2.24, 2.45) is 5.92 Å². The average Bonchev–Trinajstić information content (AvgIpc) is 2.85. The molecule has 0 spiro atoms. The number of sulfonamides is 1. The minimum absolute atomic E-state index is 0.0192. The van der Waals surface area contributed by atoms with Crippen LogP contribution in [0.5, 0.6) is 0 Å². The number of carbonyl (C=O) groups excluding carboxylic acids is 2. The lowest BCUT2D eigenvalue weighted by atomic mass is 9.50. The number of nitrogens with one attached hydrogen (secondary N) is 1. The lowest BCUT2D eigenvalue weighted by Gasteiger charge is -2.61. The molecular weight excluding hydrogens is 493 g/mol. The van der Waals surface area contributed by atoms with Crippen LogP contribution in [-0.2, 0) is 27.7 Å². The largest absolute Gasteiger partial charge is 0.331 e. The van der Waals surface area contributed by atoms with Gasteiger partial charge in [0.15, 0.2) is 5.78 Å². The van der Waals surface area contributed by atoms with Crippen LogP contribution in [-0.4, -0.2) is 48.6 Å². The third kappa shape index (κ3) is 5.33. The zero-order chi connectivity index (χ0) is 26.2. The van der Waals surface area contributed by atoms with E-state index in [1.165, 1.54) is 41.3 Å². The summed E-state index contributed by atoms with van der Waals surface area (Å²) in [5.74, 6) is -0.399. The standard InChI is InChI=1S/C28H28FN3O4S/c1-32(27(34)22-6-8-23(29)9-7-22)25(13-20-3-2-12-30-18-20)26(33)14-19-4-10-24(11-5-19)37(35,36)31-28-15-21(16-28)17-28/h2-12,18,21,25,31H,13-17H2,1H3/t21?,25-,28?/m0/s1. The van der Waals surface area contributed by atoms with Gasteiger partial charge in [-0.15, -0.1) is 0 Å². The molecule has 0 aliphatic heterocycles. The van der Waals surface area contributed by atoms with Gasteiger partial charge in [0.25, 0.3) is 5.91 Å². The maximum absolute atomic E-state index is 13.5. The highest BCUT2D eigenvalue weighted by Gasteiger charge is 2.58. The molecule has 0 radical (unpaired) electrons. The molecular formula is C28H28FN3O4S. The van der Waals surface area contributed by atoms with E-state index in [0.717, 1.165) is 24.8 Å². The smallest absolute Gasteiger partial charge is 0.254 e. The van der Waals surface area contributed by atoms with E-state index < -0.39 is 27.8 Å². The van der Waals surface area contributed by atoms with Crippen molar-refractivity contribution in [1.82, 2.24) is 14.6 Å². The molecule has 1 atom stereocenters. The summed E-state index contributed by atoms with van der Waals surface area (Å²) in [6, 6.07) is 14.3. The second-order valence-corrected chi connectivity index (χ2v) is 11.8. The fourth-order valence-corrected chi connectivity index (χ4v) is 6.63. The Hall–Kier alpha value is -3.43. The zero-order valence-corrected chi connectivity index (χ0v) is 21.2. The number of hydrogen-bond acceptors (Lipinski definition) is 5. The van der Waals surface area contributed by atoms with Gasteiger partial charge < -0.3 is 4.90 Å². The van der Waals surface area contributed by atoms with E-state index in [-0.39, 0.29) is 34.6 Å². The van der Waals surface area contributed by atoms with Gasteiger partial charge in [0.2, 0.25) is 10.0 Å². The molecule has 9 heteroatoms. The van der Waals surface area contributed by atoms with Crippen molar-refractivity contribution in [1.29, 1.82) is 0 Å². The number of halogens is 1. The molecule has 192 valence electrons. The molecule has 7 nitrogen and oxygen atoms in total. The molecule has 3 aliphatic rings. The molecule has 1 amide bonds. The Morgan fingerprint density at radius 3 is 2.30 bits per heavy atom. The summed E-state index contributed by atoms with van der Waals surface area (Å²) < 4.78 is 41.7. The maximum atomic E-state index is 13.5. The minimum atomic E-state index is -3.62. The Bertz CT molecular complexity index is 1390. The number of benzene rings is 2. The summed E-state index contributed by atoms with van der Waals surface area (Å²) in [5, 5.41) is 0. The first-order valence-corrected chi connectivity index (χ1v) is 13.7. The maximum Gasteiger partial charge on any atom is 0.254 e. The number of nitrogens with zero attached hydrogens (tertiary/aromatic N) is 2. The van der Waals surface area contributed by atoms with E-state index in [1.54, 1.807) is 37.6 Å². The fraction of sp³-hybridized carbons (Fsp3) is 0.321. The number of likely N-dealkylation sites (N-methyl/N-ethyl adjacent to an activating group) is 1. The van der Waals surface area contributed by atoms with Crippen molar-refractivity contribution in [3.63, 3.8) is 0 Å². The number of Topliss-reactive ketones (excluding diaryl/α,β-unsaturated/α-hetero) is 1. The van der Waals surface area contributed by atoms with Crippen molar-refractivity contribution in [3.8, 4) is 0 Å². The molecule has 3 aliphatic carbocycles. The van der Waals surface area contributed by atoms with Gasteiger partial charge in [0, 0.05) is 43.4 Å². The Balaban J connectivity index is 1.32. The number of carbonyl (C=O) groups is 2. The van der Waals surface area contributed by atoms with Gasteiger partial charge >= 0.3 is 0 Å². The molecule has 2 aromatic carbocycles. The molecule has 1 N–H and O–H groups in total. The van der Waals surface area contributed by atoms with E-state index >= 15 is 0 Å². The third-order valence-corrected chi connectivity index (χ3v) is 9.00. The normalized spacial score (nSPS) is 20.9. The van der Waals surface area contributed by atoms with E-state index in [4.69, 9.17) is 0 Å². The molecule has 1 heterocycles. The Morgan fingerprint density at radius 1 is 1.05 bits per heavy atom. The van der Waals surface area contributed by atoms with Crippen molar-refractivity contribution in [2.45, 2.75) is 48.6 Å². The molecule has 2 bridgehead atoms. The number of hydrogen-bond donors (Lipinski definition) is 1. The fourth-order valence-electron chi connectivity index (χ4n) is 5.20. The van der Waals surface area contributed by atoms with Crippen LogP contribution in [0.4, 0.5) is 4.39 Å². The van der Waals surface area contributed by atoms with Gasteiger partial charge in [-0.05, 0) is 78.8 Å². The first-order valence-electron chi connectivity index (χ1n) is 12.2. The topological polar surface area (TPSA) is 96.4 Å². The van der Waals surface area contributed by atoms with Crippen LogP contribution in [0.3, 0.4) is 0 Å². The number of ketones is 1. The van der Waals surface area contributed by atoms with Crippen molar-refractivity contribution < 1.29 is 22.4 Å². The van der Waals surface area contributed by atoms with Crippen molar-refractivity contribution >= 4 is 21.7 Å². The van der Waals surface area contributed by atoms with Gasteiger partial charge in [-0.2, -0.15) is 0 Å². The van der Waals surface area contributed by atoms with Gasteiger partial charge in [-0.3, -0.25) is 14.6 Å². The van der Waals surface area contributed by atoms with Crippen molar-refractivity contribution in [3.05, 3.63) is 95.6 Å². The average molecular weight is 522 g/mol. The van der Waals surface area contributed by atoms with Crippen LogP contribution in [0, 0.1) is 11.7 Å². The zero-order valence-electron chi connectivity index (χ0n) is 20.4. The highest BCUT2D eigenvalue weighted by atomic mass is 32.2. The molecule has 0 unspecified atom stereocenters. The van der Waals surface area contributed by atoms with Crippen molar-refractivity contribution in [2.75, 3.05) is 7.05 Å². The first kappa shape index (κ1) is 25.2. The lowest BCUT2D eigenvalue weighted by molar-refractivity contribution is -0.122. The van der Waals surface area contributed by atoms with Crippen LogP contribution in [0.15, 0.2) is 78.0 Å². The number of amides is 1. The van der Waals surface area contributed by atoms with Crippen LogP contribution >= 0.6 is 0 Å². The molecule has 6 rings (SSSR count). The van der Waals surface area contributed by atoms with E-state index in [1.807, 2.05) is 6.07 Å². The van der Waals surface area contributed by atoms with Crippen LogP contribution < -0.4 is 4.72 Å². The monoisotopic (exact) mass is 521 g/mol. The van der Waals surface area contributed by atoms with Crippen LogP contribution in [0.2, 0.25) is 0 Å². The Kier molecular flexibility index (Phi) is 6.68. The second kappa shape index (κ2) is 9.79. The Morgan fingerprint density at radius 2 is 1.73 bits per heavy atom. The molecule has 0 saturated heterocycles. The third-order valence-electron chi connectivity index (χ3n) is 7.40. The summed E-state index contributed by atoms with van der Waals surface area (Å²) in [4.78, 5) is 32.2. The van der Waals surface area contributed by atoms with Gasteiger partial charge in [-0.1, -0.05) is 18.2 Å². The summed E-state index contributed by atoms with van der Waals surface area (Å²) in [6.45, 7) is 0. The predicted octanol–water partition coefficient (Wildman–Crippen LogP) is 3.55. The van der Waals surface area contributed by atoms with Crippen LogP contribution in [0.1, 0.15) is 40.7 Å². The van der Waals surface area contributed by atoms with Gasteiger partial charge in [0.05, 0.1) is 10.9 Å². The van der Waals surface area contributed by atoms with E-state index in [9.17, 15) is 22.4 Å². The predicted molar refractivity (Wildman–Crippen MR) is 136 cm³/mol. The molecule has 37 heavy (non-hydrogen) atoms. The minimum Gasteiger partial charge on any atom is -0.331 e. The number of rotatable bonds is 10.